The number of hydrogen-bond donors (Lipinski definition) is 2. The number of rotatable bonds is 8. The molecule has 0 aliphatic carbocycles. The summed E-state index contributed by atoms with van der Waals surface area (Å²) in [5.74, 6) is -0.919. The quantitative estimate of drug-likeness (QED) is 0.653. The van der Waals surface area contributed by atoms with Gasteiger partial charge in [0.2, 0.25) is 15.9 Å². The fourth-order valence-electron chi connectivity index (χ4n) is 2.09. The lowest BCUT2D eigenvalue weighted by Crippen LogP contribution is -2.27. The number of ether oxygens (including phenoxy) is 1. The van der Waals surface area contributed by atoms with E-state index in [0.29, 0.717) is 11.1 Å². The van der Waals surface area contributed by atoms with Crippen LogP contribution in [0.5, 0.6) is 5.75 Å². The van der Waals surface area contributed by atoms with Gasteiger partial charge in [-0.15, -0.1) is 0 Å². The van der Waals surface area contributed by atoms with E-state index in [1.807, 2.05) is 0 Å². The molecule has 0 heterocycles. The molecule has 1 amide bonds. The van der Waals surface area contributed by atoms with Crippen molar-refractivity contribution in [1.82, 2.24) is 4.72 Å². The molecule has 0 saturated heterocycles. The molecule has 0 atom stereocenters. The van der Waals surface area contributed by atoms with Crippen LogP contribution < -0.4 is 14.8 Å². The number of carbonyl (C=O) groups excluding carboxylic acids is 1. The molecule has 2 aromatic rings. The van der Waals surface area contributed by atoms with Gasteiger partial charge < -0.3 is 10.1 Å². The van der Waals surface area contributed by atoms with Crippen molar-refractivity contribution in [2.24, 2.45) is 0 Å². The molecule has 2 N–H and O–H groups in total. The molecule has 6 nitrogen and oxygen atoms in total. The van der Waals surface area contributed by atoms with Gasteiger partial charge in [0.05, 0.1) is 11.5 Å². The lowest BCUT2D eigenvalue weighted by molar-refractivity contribution is -0.116. The summed E-state index contributed by atoms with van der Waals surface area (Å²) >= 11 is 3.21. The van der Waals surface area contributed by atoms with Gasteiger partial charge >= 0.3 is 0 Å². The van der Waals surface area contributed by atoms with Crippen molar-refractivity contribution in [2.45, 2.75) is 18.2 Å². The molecule has 2 rings (SSSR count). The third-order valence-corrected chi connectivity index (χ3v) is 5.22. The predicted octanol–water partition coefficient (Wildman–Crippen LogP) is 3.29. The molecule has 9 heteroatoms. The van der Waals surface area contributed by atoms with Crippen molar-refractivity contribution in [3.63, 3.8) is 0 Å². The zero-order valence-electron chi connectivity index (χ0n) is 14.0. The van der Waals surface area contributed by atoms with Gasteiger partial charge in [-0.1, -0.05) is 22.0 Å². The van der Waals surface area contributed by atoms with E-state index < -0.39 is 21.7 Å². The number of amides is 1. The first-order valence-electron chi connectivity index (χ1n) is 7.79. The molecular weight excluding hydrogens is 427 g/mol. The minimum absolute atomic E-state index is 0.0831. The summed E-state index contributed by atoms with van der Waals surface area (Å²) in [7, 11) is -3.71. The van der Waals surface area contributed by atoms with Crippen LogP contribution in [0.4, 0.5) is 10.1 Å². The normalized spacial score (nSPS) is 11.2. The summed E-state index contributed by atoms with van der Waals surface area (Å²) in [4.78, 5) is 12.0. The topological polar surface area (TPSA) is 84.5 Å². The summed E-state index contributed by atoms with van der Waals surface area (Å²) in [5.41, 5.74) is 0.269. The molecule has 0 radical (unpaired) electrons. The first-order valence-corrected chi connectivity index (χ1v) is 10.1. The lowest BCUT2D eigenvalue weighted by atomic mass is 10.2. The van der Waals surface area contributed by atoms with Gasteiger partial charge in [-0.25, -0.2) is 17.5 Å². The van der Waals surface area contributed by atoms with Crippen LogP contribution in [0.2, 0.25) is 0 Å². The molecule has 140 valence electrons. The number of hydrogen-bond acceptors (Lipinski definition) is 4. The van der Waals surface area contributed by atoms with Crippen molar-refractivity contribution in [2.75, 3.05) is 18.5 Å². The Morgan fingerprint density at radius 1 is 1.23 bits per heavy atom. The second-order valence-electron chi connectivity index (χ2n) is 5.23. The molecule has 0 aliphatic heterocycles. The average molecular weight is 445 g/mol. The summed E-state index contributed by atoms with van der Waals surface area (Å²) in [5, 5.41) is 2.51. The first kappa shape index (κ1) is 20.3. The van der Waals surface area contributed by atoms with Crippen LogP contribution in [0, 0.1) is 5.82 Å². The maximum atomic E-state index is 13.7. The Kier molecular flexibility index (Phi) is 7.13. The Hall–Kier alpha value is -1.97. The van der Waals surface area contributed by atoms with E-state index in [1.54, 1.807) is 19.1 Å². The fourth-order valence-corrected chi connectivity index (χ4v) is 3.72. The van der Waals surface area contributed by atoms with Gasteiger partial charge in [-0.05, 0) is 37.3 Å². The molecule has 26 heavy (non-hydrogen) atoms. The highest BCUT2D eigenvalue weighted by Crippen LogP contribution is 2.21. The number of nitrogens with one attached hydrogen (secondary N) is 2. The zero-order valence-corrected chi connectivity index (χ0v) is 16.4. The molecule has 0 bridgehead atoms. The fraction of sp³-hybridized carbons (Fsp3) is 0.235. The van der Waals surface area contributed by atoms with Crippen LogP contribution in [0.1, 0.15) is 13.3 Å². The maximum Gasteiger partial charge on any atom is 0.240 e. The van der Waals surface area contributed by atoms with Crippen molar-refractivity contribution in [3.05, 3.63) is 52.8 Å². The molecule has 0 fully saturated rings. The van der Waals surface area contributed by atoms with Gasteiger partial charge in [0.1, 0.15) is 0 Å². The van der Waals surface area contributed by atoms with Crippen LogP contribution in [-0.4, -0.2) is 27.5 Å². The molecule has 0 aliphatic rings. The summed E-state index contributed by atoms with van der Waals surface area (Å²) in [6, 6.07) is 10.3. The van der Waals surface area contributed by atoms with Gasteiger partial charge in [0.25, 0.3) is 0 Å². The predicted molar refractivity (Wildman–Crippen MR) is 100 cm³/mol. The van der Waals surface area contributed by atoms with Crippen molar-refractivity contribution in [3.8, 4) is 5.75 Å². The van der Waals surface area contributed by atoms with E-state index >= 15 is 0 Å². The molecule has 0 saturated carbocycles. The highest BCUT2D eigenvalue weighted by atomic mass is 79.9. The number of sulfonamides is 1. The number of benzene rings is 2. The van der Waals surface area contributed by atoms with Crippen LogP contribution in [-0.2, 0) is 14.8 Å². The average Bonchev–Trinajstić information content (AvgIpc) is 2.57. The second kappa shape index (κ2) is 9.11. The van der Waals surface area contributed by atoms with Crippen LogP contribution in [0.15, 0.2) is 51.8 Å². The third-order valence-electron chi connectivity index (χ3n) is 3.27. The van der Waals surface area contributed by atoms with Crippen LogP contribution in [0.25, 0.3) is 0 Å². The zero-order chi connectivity index (χ0) is 19.2. The lowest BCUT2D eigenvalue weighted by Gasteiger charge is -2.09. The van der Waals surface area contributed by atoms with E-state index in [4.69, 9.17) is 4.74 Å². The van der Waals surface area contributed by atoms with E-state index in [0.717, 1.165) is 6.07 Å². The van der Waals surface area contributed by atoms with Crippen molar-refractivity contribution < 1.29 is 22.3 Å². The summed E-state index contributed by atoms with van der Waals surface area (Å²) < 4.78 is 46.1. The van der Waals surface area contributed by atoms with E-state index in [1.165, 1.54) is 24.3 Å². The molecule has 0 spiro atoms. The Balaban J connectivity index is 1.88. The summed E-state index contributed by atoms with van der Waals surface area (Å²) in [6.45, 7) is 1.99. The minimum Gasteiger partial charge on any atom is -0.491 e. The Morgan fingerprint density at radius 2 is 2.00 bits per heavy atom. The Morgan fingerprint density at radius 3 is 2.65 bits per heavy atom. The Labute approximate surface area is 159 Å². The van der Waals surface area contributed by atoms with Crippen molar-refractivity contribution >= 4 is 37.5 Å². The van der Waals surface area contributed by atoms with Gasteiger partial charge in [0, 0.05) is 29.2 Å². The SMILES string of the molecule is CCOc1ccc(NC(=O)CCNS(=O)(=O)c2cccc(Br)c2)cc1F. The molecule has 0 aromatic heterocycles. The largest absolute Gasteiger partial charge is 0.491 e. The third kappa shape index (κ3) is 5.79. The monoisotopic (exact) mass is 444 g/mol. The van der Waals surface area contributed by atoms with Gasteiger partial charge in [0.15, 0.2) is 11.6 Å². The van der Waals surface area contributed by atoms with Crippen LogP contribution >= 0.6 is 15.9 Å². The molecule has 2 aromatic carbocycles. The molecular formula is C17H18BrFN2O4S. The van der Waals surface area contributed by atoms with E-state index in [-0.39, 0.29) is 29.3 Å². The maximum absolute atomic E-state index is 13.7. The highest BCUT2D eigenvalue weighted by Gasteiger charge is 2.14. The Bertz CT molecular complexity index is 890. The van der Waals surface area contributed by atoms with E-state index in [2.05, 4.69) is 26.0 Å². The van der Waals surface area contributed by atoms with Crippen molar-refractivity contribution in [1.29, 1.82) is 0 Å². The number of carbonyl (C=O) groups is 1. The first-order chi connectivity index (χ1) is 12.3. The van der Waals surface area contributed by atoms with Gasteiger partial charge in [-0.2, -0.15) is 0 Å². The molecule has 0 unspecified atom stereocenters. The van der Waals surface area contributed by atoms with Gasteiger partial charge in [-0.3, -0.25) is 4.79 Å². The number of halogens is 2. The number of anilines is 1. The summed E-state index contributed by atoms with van der Waals surface area (Å²) in [6.07, 6.45) is -0.0952. The second-order valence-corrected chi connectivity index (χ2v) is 7.91. The highest BCUT2D eigenvalue weighted by molar-refractivity contribution is 9.10. The minimum atomic E-state index is -3.71. The smallest absolute Gasteiger partial charge is 0.240 e. The standard InChI is InChI=1S/C17H18BrFN2O4S/c1-2-25-16-7-6-13(11-15(16)19)21-17(22)8-9-20-26(23,24)14-5-3-4-12(18)10-14/h3-7,10-11,20H,2,8-9H2,1H3,(H,21,22). The van der Waals surface area contributed by atoms with Crippen LogP contribution in [0.3, 0.4) is 0 Å². The van der Waals surface area contributed by atoms with E-state index in [9.17, 15) is 17.6 Å².